The molecule has 1 heterocycles. The zero-order valence-electron chi connectivity index (χ0n) is 8.38. The third kappa shape index (κ3) is 1.27. The van der Waals surface area contributed by atoms with Gasteiger partial charge in [0.25, 0.3) is 0 Å². The first-order chi connectivity index (χ1) is 6.24. The summed E-state index contributed by atoms with van der Waals surface area (Å²) in [6.45, 7) is 5.20. The lowest BCUT2D eigenvalue weighted by atomic mass is 9.92. The van der Waals surface area contributed by atoms with E-state index in [0.717, 1.165) is 19.4 Å². The van der Waals surface area contributed by atoms with E-state index in [1.54, 1.807) is 0 Å². The van der Waals surface area contributed by atoms with Crippen LogP contribution in [0.15, 0.2) is 0 Å². The fourth-order valence-electron chi connectivity index (χ4n) is 2.23. The van der Waals surface area contributed by atoms with E-state index >= 15 is 0 Å². The van der Waals surface area contributed by atoms with Crippen molar-refractivity contribution in [1.82, 2.24) is 9.78 Å². The van der Waals surface area contributed by atoms with E-state index in [1.165, 1.54) is 23.4 Å². The predicted octanol–water partition coefficient (Wildman–Crippen LogP) is 1.55. The molecule has 1 aromatic heterocycles. The molecule has 3 nitrogen and oxygen atoms in total. The van der Waals surface area contributed by atoms with Crippen LogP contribution in [0.4, 0.5) is 0 Å². The average Bonchev–Trinajstić information content (AvgIpc) is 2.44. The first kappa shape index (κ1) is 8.75. The van der Waals surface area contributed by atoms with Crippen molar-refractivity contribution in [2.45, 2.75) is 45.7 Å². The molecule has 1 aliphatic rings. The smallest absolute Gasteiger partial charge is 0.0675 e. The van der Waals surface area contributed by atoms with Crippen LogP contribution in [0.3, 0.4) is 0 Å². The van der Waals surface area contributed by atoms with Crippen molar-refractivity contribution < 1.29 is 0 Å². The lowest BCUT2D eigenvalue weighted by molar-refractivity contribution is 0.563. The molecule has 1 atom stereocenters. The maximum absolute atomic E-state index is 6.06. The Kier molecular flexibility index (Phi) is 2.12. The van der Waals surface area contributed by atoms with Crippen LogP contribution in [-0.2, 0) is 13.0 Å². The van der Waals surface area contributed by atoms with Gasteiger partial charge >= 0.3 is 0 Å². The van der Waals surface area contributed by atoms with Gasteiger partial charge in [-0.2, -0.15) is 5.10 Å². The molecule has 13 heavy (non-hydrogen) atoms. The van der Waals surface area contributed by atoms with Gasteiger partial charge in [-0.05, 0) is 33.1 Å². The van der Waals surface area contributed by atoms with Gasteiger partial charge in [-0.25, -0.2) is 0 Å². The maximum atomic E-state index is 6.06. The normalized spacial score (nSPS) is 21.6. The zero-order valence-corrected chi connectivity index (χ0v) is 8.38. The largest absolute Gasteiger partial charge is 0.324 e. The number of nitrogens with two attached hydrogens (primary N) is 1. The summed E-state index contributed by atoms with van der Waals surface area (Å²) in [6, 6.07) is 0.226. The number of nitrogens with zero attached hydrogens (tertiary/aromatic N) is 2. The summed E-state index contributed by atoms with van der Waals surface area (Å²) >= 11 is 0. The van der Waals surface area contributed by atoms with Gasteiger partial charge in [0.1, 0.15) is 0 Å². The monoisotopic (exact) mass is 179 g/mol. The van der Waals surface area contributed by atoms with Crippen molar-refractivity contribution in [3.05, 3.63) is 17.0 Å². The standard InChI is InChI=1S/C10H17N3/c1-3-13-7(2)10-8(11)5-4-6-9(10)12-13/h8H,3-6,11H2,1-2H3. The number of rotatable bonds is 1. The van der Waals surface area contributed by atoms with Crippen LogP contribution in [0.5, 0.6) is 0 Å². The minimum atomic E-state index is 0.226. The van der Waals surface area contributed by atoms with Crippen LogP contribution in [0.2, 0.25) is 0 Å². The molecule has 0 saturated carbocycles. The van der Waals surface area contributed by atoms with Gasteiger partial charge in [-0.1, -0.05) is 0 Å². The molecule has 2 rings (SSSR count). The van der Waals surface area contributed by atoms with E-state index in [9.17, 15) is 0 Å². The number of aryl methyl sites for hydroxylation is 2. The second-order valence-electron chi connectivity index (χ2n) is 3.76. The molecular weight excluding hydrogens is 162 g/mol. The Balaban J connectivity index is 2.49. The molecule has 0 aromatic carbocycles. The van der Waals surface area contributed by atoms with Gasteiger partial charge in [0, 0.05) is 23.8 Å². The van der Waals surface area contributed by atoms with Crippen LogP contribution in [0, 0.1) is 6.92 Å². The van der Waals surface area contributed by atoms with Gasteiger partial charge in [0.15, 0.2) is 0 Å². The molecule has 0 spiro atoms. The summed E-state index contributed by atoms with van der Waals surface area (Å²) in [4.78, 5) is 0. The zero-order chi connectivity index (χ0) is 9.42. The van der Waals surface area contributed by atoms with E-state index in [4.69, 9.17) is 5.73 Å². The average molecular weight is 179 g/mol. The maximum Gasteiger partial charge on any atom is 0.0675 e. The Bertz CT molecular complexity index is 314. The summed E-state index contributed by atoms with van der Waals surface area (Å²) in [5.74, 6) is 0. The molecule has 3 heteroatoms. The van der Waals surface area contributed by atoms with Gasteiger partial charge in [0.2, 0.25) is 0 Å². The fourth-order valence-corrected chi connectivity index (χ4v) is 2.23. The summed E-state index contributed by atoms with van der Waals surface area (Å²) in [5, 5.41) is 4.56. The third-order valence-corrected chi connectivity index (χ3v) is 2.93. The summed E-state index contributed by atoms with van der Waals surface area (Å²) in [5.41, 5.74) is 9.88. The fraction of sp³-hybridized carbons (Fsp3) is 0.700. The molecule has 0 amide bonds. The molecule has 72 valence electrons. The van der Waals surface area contributed by atoms with Gasteiger partial charge < -0.3 is 5.73 Å². The Labute approximate surface area is 78.9 Å². The predicted molar refractivity (Wildman–Crippen MR) is 52.5 cm³/mol. The summed E-state index contributed by atoms with van der Waals surface area (Å²) in [7, 11) is 0. The van der Waals surface area contributed by atoms with Gasteiger partial charge in [-0.15, -0.1) is 0 Å². The molecule has 0 radical (unpaired) electrons. The minimum absolute atomic E-state index is 0.226. The first-order valence-electron chi connectivity index (χ1n) is 5.05. The van der Waals surface area contributed by atoms with Crippen LogP contribution >= 0.6 is 0 Å². The molecule has 0 aliphatic heterocycles. The van der Waals surface area contributed by atoms with Gasteiger partial charge in [0.05, 0.1) is 5.69 Å². The first-order valence-corrected chi connectivity index (χ1v) is 5.05. The lowest BCUT2D eigenvalue weighted by Crippen LogP contribution is -2.17. The van der Waals surface area contributed by atoms with E-state index < -0.39 is 0 Å². The van der Waals surface area contributed by atoms with E-state index in [2.05, 4.69) is 23.6 Å². The van der Waals surface area contributed by atoms with E-state index in [0.29, 0.717) is 0 Å². The van der Waals surface area contributed by atoms with E-state index in [-0.39, 0.29) is 6.04 Å². The van der Waals surface area contributed by atoms with Crippen molar-refractivity contribution in [1.29, 1.82) is 0 Å². The molecule has 0 fully saturated rings. The molecular formula is C10H17N3. The molecule has 0 saturated heterocycles. The minimum Gasteiger partial charge on any atom is -0.324 e. The highest BCUT2D eigenvalue weighted by Gasteiger charge is 2.23. The van der Waals surface area contributed by atoms with Crippen molar-refractivity contribution in [2.75, 3.05) is 0 Å². The molecule has 1 unspecified atom stereocenters. The Morgan fingerprint density at radius 2 is 2.38 bits per heavy atom. The second-order valence-corrected chi connectivity index (χ2v) is 3.76. The van der Waals surface area contributed by atoms with Crippen LogP contribution in [-0.4, -0.2) is 9.78 Å². The molecule has 1 aromatic rings. The number of hydrogen-bond donors (Lipinski definition) is 1. The van der Waals surface area contributed by atoms with Crippen molar-refractivity contribution in [2.24, 2.45) is 5.73 Å². The number of aromatic nitrogens is 2. The Morgan fingerprint density at radius 3 is 3.00 bits per heavy atom. The molecule has 2 N–H and O–H groups in total. The Hall–Kier alpha value is -0.830. The summed E-state index contributed by atoms with van der Waals surface area (Å²) < 4.78 is 2.07. The molecule has 0 bridgehead atoms. The highest BCUT2D eigenvalue weighted by Crippen LogP contribution is 2.29. The highest BCUT2D eigenvalue weighted by atomic mass is 15.3. The van der Waals surface area contributed by atoms with Crippen LogP contribution < -0.4 is 5.73 Å². The van der Waals surface area contributed by atoms with Crippen molar-refractivity contribution >= 4 is 0 Å². The quantitative estimate of drug-likeness (QED) is 0.710. The van der Waals surface area contributed by atoms with Crippen molar-refractivity contribution in [3.8, 4) is 0 Å². The topological polar surface area (TPSA) is 43.8 Å². The number of fused-ring (bicyclic) bond motifs is 1. The van der Waals surface area contributed by atoms with Crippen LogP contribution in [0.25, 0.3) is 0 Å². The Morgan fingerprint density at radius 1 is 1.62 bits per heavy atom. The number of hydrogen-bond acceptors (Lipinski definition) is 2. The van der Waals surface area contributed by atoms with Crippen LogP contribution in [0.1, 0.15) is 42.8 Å². The second kappa shape index (κ2) is 3.14. The SMILES string of the molecule is CCn1nc2c(c1C)C(N)CCC2. The van der Waals surface area contributed by atoms with Crippen molar-refractivity contribution in [3.63, 3.8) is 0 Å². The highest BCUT2D eigenvalue weighted by molar-refractivity contribution is 5.30. The van der Waals surface area contributed by atoms with E-state index in [1.807, 2.05) is 0 Å². The third-order valence-electron chi connectivity index (χ3n) is 2.93. The summed E-state index contributed by atoms with van der Waals surface area (Å²) in [6.07, 6.45) is 3.41. The van der Waals surface area contributed by atoms with Gasteiger partial charge in [-0.3, -0.25) is 4.68 Å². The molecule has 1 aliphatic carbocycles. The lowest BCUT2D eigenvalue weighted by Gasteiger charge is -2.17.